The standard InChI is InChI=1S/C16H17NO3/c1-20-14-7-3-5-12(9-14)11-4-2-6-13(8-11)15(17)10-16(18)19/h2-9,15H,10,17H2,1H3,(H,18,19)/t15-/m0/s1. The van der Waals surface area contributed by atoms with Crippen molar-refractivity contribution < 1.29 is 14.6 Å². The fourth-order valence-corrected chi connectivity index (χ4v) is 2.06. The molecule has 4 nitrogen and oxygen atoms in total. The van der Waals surface area contributed by atoms with Crippen LogP contribution in [0.5, 0.6) is 5.75 Å². The van der Waals surface area contributed by atoms with Crippen molar-refractivity contribution in [1.29, 1.82) is 0 Å². The predicted molar refractivity (Wildman–Crippen MR) is 77.6 cm³/mol. The molecule has 2 aromatic rings. The fraction of sp³-hybridized carbons (Fsp3) is 0.188. The maximum absolute atomic E-state index is 10.7. The Labute approximate surface area is 117 Å². The Morgan fingerprint density at radius 2 is 1.85 bits per heavy atom. The highest BCUT2D eigenvalue weighted by molar-refractivity contribution is 5.69. The zero-order chi connectivity index (χ0) is 14.5. The topological polar surface area (TPSA) is 72.5 Å². The monoisotopic (exact) mass is 271 g/mol. The van der Waals surface area contributed by atoms with Gasteiger partial charge in [0.2, 0.25) is 0 Å². The van der Waals surface area contributed by atoms with Crippen LogP contribution in [0.2, 0.25) is 0 Å². The second-order valence-electron chi connectivity index (χ2n) is 4.56. The van der Waals surface area contributed by atoms with Crippen molar-refractivity contribution in [1.82, 2.24) is 0 Å². The average Bonchev–Trinajstić information content (AvgIpc) is 2.47. The average molecular weight is 271 g/mol. The van der Waals surface area contributed by atoms with Crippen LogP contribution in [0, 0.1) is 0 Å². The van der Waals surface area contributed by atoms with E-state index in [0.29, 0.717) is 0 Å². The molecule has 0 aliphatic rings. The van der Waals surface area contributed by atoms with E-state index in [-0.39, 0.29) is 6.42 Å². The van der Waals surface area contributed by atoms with Gasteiger partial charge in [-0.05, 0) is 34.9 Å². The van der Waals surface area contributed by atoms with Crippen molar-refractivity contribution in [3.63, 3.8) is 0 Å². The molecule has 1 atom stereocenters. The van der Waals surface area contributed by atoms with Gasteiger partial charge in [-0.25, -0.2) is 0 Å². The van der Waals surface area contributed by atoms with Crippen molar-refractivity contribution >= 4 is 5.97 Å². The second-order valence-corrected chi connectivity index (χ2v) is 4.56. The van der Waals surface area contributed by atoms with E-state index in [4.69, 9.17) is 15.6 Å². The molecule has 0 saturated heterocycles. The number of nitrogens with two attached hydrogens (primary N) is 1. The Morgan fingerprint density at radius 3 is 2.50 bits per heavy atom. The lowest BCUT2D eigenvalue weighted by Gasteiger charge is -2.11. The summed E-state index contributed by atoms with van der Waals surface area (Å²) in [4.78, 5) is 10.7. The maximum Gasteiger partial charge on any atom is 0.305 e. The minimum Gasteiger partial charge on any atom is -0.497 e. The van der Waals surface area contributed by atoms with E-state index in [1.54, 1.807) is 7.11 Å². The van der Waals surface area contributed by atoms with Gasteiger partial charge in [0.25, 0.3) is 0 Å². The molecule has 3 N–H and O–H groups in total. The Bertz CT molecular complexity index is 610. The third kappa shape index (κ3) is 3.36. The summed E-state index contributed by atoms with van der Waals surface area (Å²) in [6.45, 7) is 0. The van der Waals surface area contributed by atoms with E-state index in [9.17, 15) is 4.79 Å². The molecule has 0 bridgehead atoms. The summed E-state index contributed by atoms with van der Waals surface area (Å²) in [5, 5.41) is 8.80. The van der Waals surface area contributed by atoms with E-state index >= 15 is 0 Å². The molecule has 0 spiro atoms. The van der Waals surface area contributed by atoms with E-state index in [1.807, 2.05) is 48.5 Å². The van der Waals surface area contributed by atoms with Gasteiger partial charge in [0.1, 0.15) is 5.75 Å². The van der Waals surface area contributed by atoms with Crippen molar-refractivity contribution in [3.8, 4) is 16.9 Å². The van der Waals surface area contributed by atoms with E-state index in [0.717, 1.165) is 22.4 Å². The maximum atomic E-state index is 10.7. The van der Waals surface area contributed by atoms with E-state index in [1.165, 1.54) is 0 Å². The highest BCUT2D eigenvalue weighted by Crippen LogP contribution is 2.26. The lowest BCUT2D eigenvalue weighted by atomic mass is 9.98. The highest BCUT2D eigenvalue weighted by atomic mass is 16.5. The van der Waals surface area contributed by atoms with Crippen LogP contribution in [0.25, 0.3) is 11.1 Å². The number of hydrogen-bond acceptors (Lipinski definition) is 3. The smallest absolute Gasteiger partial charge is 0.305 e. The van der Waals surface area contributed by atoms with Gasteiger partial charge in [-0.2, -0.15) is 0 Å². The zero-order valence-electron chi connectivity index (χ0n) is 11.2. The minimum absolute atomic E-state index is 0.0818. The van der Waals surface area contributed by atoms with Gasteiger partial charge in [0.05, 0.1) is 13.5 Å². The SMILES string of the molecule is COc1cccc(-c2cccc([C@@H](N)CC(=O)O)c2)c1. The quantitative estimate of drug-likeness (QED) is 0.877. The molecule has 0 amide bonds. The van der Waals surface area contributed by atoms with Crippen LogP contribution >= 0.6 is 0 Å². The first-order chi connectivity index (χ1) is 9.60. The van der Waals surface area contributed by atoms with Gasteiger partial charge in [-0.3, -0.25) is 4.79 Å². The molecule has 20 heavy (non-hydrogen) atoms. The summed E-state index contributed by atoms with van der Waals surface area (Å²) in [6.07, 6.45) is -0.0818. The van der Waals surface area contributed by atoms with Crippen molar-refractivity contribution in [3.05, 3.63) is 54.1 Å². The zero-order valence-corrected chi connectivity index (χ0v) is 11.2. The van der Waals surface area contributed by atoms with Gasteiger partial charge in [-0.15, -0.1) is 0 Å². The number of carboxylic acid groups (broad SMARTS) is 1. The molecular formula is C16H17NO3. The number of methoxy groups -OCH3 is 1. The van der Waals surface area contributed by atoms with Gasteiger partial charge >= 0.3 is 5.97 Å². The lowest BCUT2D eigenvalue weighted by Crippen LogP contribution is -2.14. The predicted octanol–water partition coefficient (Wildman–Crippen LogP) is 2.84. The highest BCUT2D eigenvalue weighted by Gasteiger charge is 2.11. The number of aliphatic carboxylic acids is 1. The molecule has 0 saturated carbocycles. The molecule has 0 unspecified atom stereocenters. The Kier molecular flexibility index (Phi) is 4.38. The van der Waals surface area contributed by atoms with Crippen molar-refractivity contribution in [2.75, 3.05) is 7.11 Å². The Hall–Kier alpha value is -2.33. The third-order valence-corrected chi connectivity index (χ3v) is 3.11. The number of ether oxygens (including phenoxy) is 1. The summed E-state index contributed by atoms with van der Waals surface area (Å²) in [7, 11) is 1.62. The molecule has 0 heterocycles. The number of carboxylic acids is 1. The van der Waals surface area contributed by atoms with Crippen LogP contribution in [0.3, 0.4) is 0 Å². The van der Waals surface area contributed by atoms with Crippen LogP contribution in [0.4, 0.5) is 0 Å². The largest absolute Gasteiger partial charge is 0.497 e. The van der Waals surface area contributed by atoms with Crippen LogP contribution in [-0.4, -0.2) is 18.2 Å². The molecule has 104 valence electrons. The molecule has 2 rings (SSSR count). The van der Waals surface area contributed by atoms with Gasteiger partial charge in [-0.1, -0.05) is 30.3 Å². The normalized spacial score (nSPS) is 11.9. The molecule has 0 aliphatic carbocycles. The molecule has 0 radical (unpaired) electrons. The minimum atomic E-state index is -0.899. The number of benzene rings is 2. The molecule has 0 aliphatic heterocycles. The Morgan fingerprint density at radius 1 is 1.20 bits per heavy atom. The van der Waals surface area contributed by atoms with Crippen LogP contribution in [0.15, 0.2) is 48.5 Å². The summed E-state index contributed by atoms with van der Waals surface area (Å²) in [5.74, 6) is -0.118. The molecule has 0 aromatic heterocycles. The Balaban J connectivity index is 2.31. The summed E-state index contributed by atoms with van der Waals surface area (Å²) in [5.41, 5.74) is 8.70. The van der Waals surface area contributed by atoms with Crippen molar-refractivity contribution in [2.45, 2.75) is 12.5 Å². The number of hydrogen-bond donors (Lipinski definition) is 2. The first-order valence-electron chi connectivity index (χ1n) is 6.32. The molecule has 0 fully saturated rings. The fourth-order valence-electron chi connectivity index (χ4n) is 2.06. The summed E-state index contributed by atoms with van der Waals surface area (Å²) in [6, 6.07) is 14.8. The van der Waals surface area contributed by atoms with Crippen LogP contribution in [-0.2, 0) is 4.79 Å². The number of carbonyl (C=O) groups is 1. The van der Waals surface area contributed by atoms with Gasteiger partial charge < -0.3 is 15.6 Å². The molecule has 4 heteroatoms. The van der Waals surface area contributed by atoms with E-state index in [2.05, 4.69) is 0 Å². The third-order valence-electron chi connectivity index (χ3n) is 3.11. The van der Waals surface area contributed by atoms with Crippen LogP contribution in [0.1, 0.15) is 18.0 Å². The van der Waals surface area contributed by atoms with Gasteiger partial charge in [0, 0.05) is 6.04 Å². The first kappa shape index (κ1) is 14.1. The summed E-state index contributed by atoms with van der Waals surface area (Å²) < 4.78 is 5.20. The van der Waals surface area contributed by atoms with Gasteiger partial charge in [0.15, 0.2) is 0 Å². The van der Waals surface area contributed by atoms with Crippen LogP contribution < -0.4 is 10.5 Å². The molecular weight excluding hydrogens is 254 g/mol. The van der Waals surface area contributed by atoms with Crippen molar-refractivity contribution in [2.24, 2.45) is 5.73 Å². The first-order valence-corrected chi connectivity index (χ1v) is 6.32. The lowest BCUT2D eigenvalue weighted by molar-refractivity contribution is -0.137. The summed E-state index contributed by atoms with van der Waals surface area (Å²) >= 11 is 0. The molecule has 2 aromatic carbocycles. The number of rotatable bonds is 5. The van der Waals surface area contributed by atoms with E-state index < -0.39 is 12.0 Å². The second kappa shape index (κ2) is 6.21.